The third-order valence-electron chi connectivity index (χ3n) is 3.75. The van der Waals surface area contributed by atoms with Crippen molar-refractivity contribution >= 4 is 17.3 Å². The van der Waals surface area contributed by atoms with Gasteiger partial charge in [-0.15, -0.1) is 0 Å². The Hall–Kier alpha value is -1.71. The predicted octanol–water partition coefficient (Wildman–Crippen LogP) is 1.86. The van der Waals surface area contributed by atoms with E-state index in [2.05, 4.69) is 17.1 Å². The van der Waals surface area contributed by atoms with E-state index in [4.69, 9.17) is 4.74 Å². The number of carbonyl (C=O) groups is 1. The lowest BCUT2D eigenvalue weighted by Gasteiger charge is -2.34. The van der Waals surface area contributed by atoms with Crippen LogP contribution in [-0.4, -0.2) is 25.6 Å². The number of ether oxygens (including phenoxy) is 1. The smallest absolute Gasteiger partial charge is 0.247 e. The van der Waals surface area contributed by atoms with E-state index >= 15 is 0 Å². The van der Waals surface area contributed by atoms with E-state index in [0.29, 0.717) is 5.92 Å². The van der Waals surface area contributed by atoms with Crippen LogP contribution in [0.25, 0.3) is 0 Å². The predicted molar refractivity (Wildman–Crippen MR) is 66.5 cm³/mol. The monoisotopic (exact) mass is 232 g/mol. The lowest BCUT2D eigenvalue weighted by molar-refractivity contribution is -0.118. The Morgan fingerprint density at radius 1 is 1.47 bits per heavy atom. The van der Waals surface area contributed by atoms with Crippen molar-refractivity contribution in [1.29, 1.82) is 0 Å². The number of carbonyl (C=O) groups excluding carboxylic acids is 1. The number of hydrogen-bond donors (Lipinski definition) is 1. The molecule has 0 spiro atoms. The first kappa shape index (κ1) is 10.4. The van der Waals surface area contributed by atoms with Gasteiger partial charge in [0.2, 0.25) is 5.91 Å². The van der Waals surface area contributed by atoms with Gasteiger partial charge in [-0.3, -0.25) is 4.79 Å². The molecule has 2 atom stereocenters. The zero-order valence-corrected chi connectivity index (χ0v) is 10.1. The SMILES string of the molecule is COc1cccc2c1NC(=O)C1C(C)CCN21. The van der Waals surface area contributed by atoms with Gasteiger partial charge in [-0.1, -0.05) is 13.0 Å². The molecule has 17 heavy (non-hydrogen) atoms. The lowest BCUT2D eigenvalue weighted by Crippen LogP contribution is -2.46. The topological polar surface area (TPSA) is 41.6 Å². The molecule has 2 unspecified atom stereocenters. The quantitative estimate of drug-likeness (QED) is 0.803. The van der Waals surface area contributed by atoms with Crippen molar-refractivity contribution in [3.63, 3.8) is 0 Å². The van der Waals surface area contributed by atoms with Crippen LogP contribution in [0.5, 0.6) is 5.75 Å². The van der Waals surface area contributed by atoms with Gasteiger partial charge in [0.25, 0.3) is 0 Å². The summed E-state index contributed by atoms with van der Waals surface area (Å²) in [6.45, 7) is 3.08. The summed E-state index contributed by atoms with van der Waals surface area (Å²) in [5, 5.41) is 2.98. The maximum absolute atomic E-state index is 12.1. The van der Waals surface area contributed by atoms with Crippen LogP contribution in [0, 0.1) is 5.92 Å². The molecule has 0 saturated carbocycles. The van der Waals surface area contributed by atoms with Crippen LogP contribution in [0.2, 0.25) is 0 Å². The third kappa shape index (κ3) is 1.40. The van der Waals surface area contributed by atoms with Crippen molar-refractivity contribution < 1.29 is 9.53 Å². The molecule has 1 N–H and O–H groups in total. The van der Waals surface area contributed by atoms with E-state index < -0.39 is 0 Å². The highest BCUT2D eigenvalue weighted by atomic mass is 16.5. The average molecular weight is 232 g/mol. The summed E-state index contributed by atoms with van der Waals surface area (Å²) in [6.07, 6.45) is 1.06. The van der Waals surface area contributed by atoms with Crippen LogP contribution in [0.4, 0.5) is 11.4 Å². The van der Waals surface area contributed by atoms with Crippen LogP contribution in [0.3, 0.4) is 0 Å². The molecule has 0 radical (unpaired) electrons. The fraction of sp³-hybridized carbons (Fsp3) is 0.462. The lowest BCUT2D eigenvalue weighted by atomic mass is 10.00. The molecule has 2 aliphatic heterocycles. The number of methoxy groups -OCH3 is 1. The summed E-state index contributed by atoms with van der Waals surface area (Å²) in [7, 11) is 1.63. The molecule has 3 rings (SSSR count). The third-order valence-corrected chi connectivity index (χ3v) is 3.75. The fourth-order valence-corrected chi connectivity index (χ4v) is 2.87. The number of amides is 1. The van der Waals surface area contributed by atoms with Gasteiger partial charge in [-0.25, -0.2) is 0 Å². The van der Waals surface area contributed by atoms with Gasteiger partial charge in [-0.2, -0.15) is 0 Å². The van der Waals surface area contributed by atoms with Crippen LogP contribution in [-0.2, 0) is 4.79 Å². The van der Waals surface area contributed by atoms with E-state index in [1.165, 1.54) is 0 Å². The number of nitrogens with one attached hydrogen (secondary N) is 1. The van der Waals surface area contributed by atoms with E-state index in [1.54, 1.807) is 7.11 Å². The second-order valence-electron chi connectivity index (χ2n) is 4.75. The molecule has 4 heteroatoms. The largest absolute Gasteiger partial charge is 0.494 e. The molecular weight excluding hydrogens is 216 g/mol. The molecule has 2 aliphatic rings. The van der Waals surface area contributed by atoms with Crippen molar-refractivity contribution in [3.8, 4) is 5.75 Å². The van der Waals surface area contributed by atoms with Crippen molar-refractivity contribution in [2.24, 2.45) is 5.92 Å². The summed E-state index contributed by atoms with van der Waals surface area (Å²) in [6, 6.07) is 5.87. The molecule has 2 heterocycles. The zero-order valence-electron chi connectivity index (χ0n) is 10.1. The highest BCUT2D eigenvalue weighted by molar-refractivity contribution is 6.05. The van der Waals surface area contributed by atoms with Crippen LogP contribution in [0.1, 0.15) is 13.3 Å². The fourth-order valence-electron chi connectivity index (χ4n) is 2.87. The summed E-state index contributed by atoms with van der Waals surface area (Å²) in [5.74, 6) is 1.23. The molecule has 0 bridgehead atoms. The Morgan fingerprint density at radius 2 is 2.29 bits per heavy atom. The maximum Gasteiger partial charge on any atom is 0.247 e. The molecule has 0 aromatic heterocycles. The summed E-state index contributed by atoms with van der Waals surface area (Å²) in [4.78, 5) is 14.3. The first-order chi connectivity index (χ1) is 8.22. The van der Waals surface area contributed by atoms with E-state index in [1.807, 2.05) is 18.2 Å². The standard InChI is InChI=1S/C13H16N2O2/c1-8-6-7-15-9-4-3-5-10(17-2)11(9)14-13(16)12(8)15/h3-5,8,12H,6-7H2,1-2H3,(H,14,16). The van der Waals surface area contributed by atoms with Gasteiger partial charge < -0.3 is 15.0 Å². The summed E-state index contributed by atoms with van der Waals surface area (Å²) >= 11 is 0. The molecule has 1 amide bonds. The summed E-state index contributed by atoms with van der Waals surface area (Å²) < 4.78 is 5.29. The first-order valence-corrected chi connectivity index (χ1v) is 5.97. The Labute approximate surface area is 101 Å². The van der Waals surface area contributed by atoms with Gasteiger partial charge in [0, 0.05) is 6.54 Å². The van der Waals surface area contributed by atoms with Crippen molar-refractivity contribution in [3.05, 3.63) is 18.2 Å². The molecule has 0 aliphatic carbocycles. The number of para-hydroxylation sites is 1. The first-order valence-electron chi connectivity index (χ1n) is 5.97. The molecule has 4 nitrogen and oxygen atoms in total. The van der Waals surface area contributed by atoms with Gasteiger partial charge in [0.05, 0.1) is 12.8 Å². The normalized spacial score (nSPS) is 26.2. The number of nitrogens with zero attached hydrogens (tertiary/aromatic N) is 1. The van der Waals surface area contributed by atoms with Gasteiger partial charge in [-0.05, 0) is 24.5 Å². The number of benzene rings is 1. The maximum atomic E-state index is 12.1. The molecule has 1 aromatic rings. The molecule has 1 saturated heterocycles. The average Bonchev–Trinajstić information content (AvgIpc) is 2.72. The van der Waals surface area contributed by atoms with Crippen molar-refractivity contribution in [2.75, 3.05) is 23.9 Å². The van der Waals surface area contributed by atoms with Gasteiger partial charge in [0.15, 0.2) is 0 Å². The molecule has 90 valence electrons. The van der Waals surface area contributed by atoms with Crippen LogP contribution < -0.4 is 15.0 Å². The Kier molecular flexibility index (Phi) is 2.24. The molecular formula is C13H16N2O2. The number of rotatable bonds is 1. The van der Waals surface area contributed by atoms with Crippen LogP contribution in [0.15, 0.2) is 18.2 Å². The summed E-state index contributed by atoms with van der Waals surface area (Å²) in [5.41, 5.74) is 1.89. The number of hydrogen-bond acceptors (Lipinski definition) is 3. The highest BCUT2D eigenvalue weighted by Crippen LogP contribution is 2.43. The number of anilines is 2. The second kappa shape index (κ2) is 3.65. The number of fused-ring (bicyclic) bond motifs is 3. The highest BCUT2D eigenvalue weighted by Gasteiger charge is 2.41. The minimum absolute atomic E-state index is 0.0189. The molecule has 1 aromatic carbocycles. The van der Waals surface area contributed by atoms with Crippen molar-refractivity contribution in [1.82, 2.24) is 0 Å². The van der Waals surface area contributed by atoms with Gasteiger partial charge in [0.1, 0.15) is 17.5 Å². The van der Waals surface area contributed by atoms with E-state index in [-0.39, 0.29) is 11.9 Å². The van der Waals surface area contributed by atoms with E-state index in [0.717, 1.165) is 30.1 Å². The van der Waals surface area contributed by atoms with E-state index in [9.17, 15) is 4.79 Å². The Bertz CT molecular complexity index is 472. The van der Waals surface area contributed by atoms with Crippen molar-refractivity contribution in [2.45, 2.75) is 19.4 Å². The Balaban J connectivity index is 2.11. The minimum Gasteiger partial charge on any atom is -0.494 e. The van der Waals surface area contributed by atoms with Gasteiger partial charge >= 0.3 is 0 Å². The second-order valence-corrected chi connectivity index (χ2v) is 4.75. The molecule has 1 fully saturated rings. The zero-order chi connectivity index (χ0) is 12.0. The van der Waals surface area contributed by atoms with Crippen LogP contribution >= 0.6 is 0 Å². The Morgan fingerprint density at radius 3 is 3.06 bits per heavy atom. The minimum atomic E-state index is -0.0189.